The normalized spacial score (nSPS) is 20.3. The van der Waals surface area contributed by atoms with Crippen molar-refractivity contribution in [2.24, 2.45) is 0 Å². The van der Waals surface area contributed by atoms with Crippen LogP contribution < -0.4 is 5.32 Å². The highest BCUT2D eigenvalue weighted by atomic mass is 35.5. The molecule has 0 unspecified atom stereocenters. The van der Waals surface area contributed by atoms with Gasteiger partial charge in [-0.15, -0.1) is 0 Å². The summed E-state index contributed by atoms with van der Waals surface area (Å²) in [5.74, 6) is 0.124. The standard InChI is InChI=1S/C16H18ClN3O/c1-11-9-18-15(21)7-8-20(11)10-13-6-5-12-3-2-4-14(17)16(12)19-13/h2-6,11H,7-10H2,1H3,(H,18,21)/t11-/m0/s1. The van der Waals surface area contributed by atoms with Gasteiger partial charge in [0.25, 0.3) is 0 Å². The monoisotopic (exact) mass is 303 g/mol. The second kappa shape index (κ2) is 6.00. The Morgan fingerprint density at radius 2 is 2.24 bits per heavy atom. The van der Waals surface area contributed by atoms with Crippen molar-refractivity contribution in [2.45, 2.75) is 25.9 Å². The maximum absolute atomic E-state index is 11.5. The maximum atomic E-state index is 11.5. The van der Waals surface area contributed by atoms with Crippen LogP contribution in [0.5, 0.6) is 0 Å². The number of nitrogens with one attached hydrogen (secondary N) is 1. The summed E-state index contributed by atoms with van der Waals surface area (Å²) in [6.07, 6.45) is 0.540. The lowest BCUT2D eigenvalue weighted by atomic mass is 10.2. The molecule has 1 fully saturated rings. The summed E-state index contributed by atoms with van der Waals surface area (Å²) < 4.78 is 0. The van der Waals surface area contributed by atoms with Gasteiger partial charge in [-0.25, -0.2) is 4.98 Å². The highest BCUT2D eigenvalue weighted by Crippen LogP contribution is 2.22. The number of fused-ring (bicyclic) bond motifs is 1. The summed E-state index contributed by atoms with van der Waals surface area (Å²) in [4.78, 5) is 18.4. The van der Waals surface area contributed by atoms with E-state index < -0.39 is 0 Å². The van der Waals surface area contributed by atoms with E-state index in [1.54, 1.807) is 0 Å². The Bertz CT molecular complexity index is 674. The van der Waals surface area contributed by atoms with Crippen LogP contribution in [0.2, 0.25) is 5.02 Å². The third kappa shape index (κ3) is 3.17. The van der Waals surface area contributed by atoms with Gasteiger partial charge in [0.1, 0.15) is 0 Å². The Labute approximate surface area is 129 Å². The molecule has 1 atom stereocenters. The molecule has 0 aliphatic carbocycles. The zero-order chi connectivity index (χ0) is 14.8. The number of hydrogen-bond donors (Lipinski definition) is 1. The summed E-state index contributed by atoms with van der Waals surface area (Å²) >= 11 is 6.21. The van der Waals surface area contributed by atoms with Gasteiger partial charge in [0, 0.05) is 37.5 Å². The van der Waals surface area contributed by atoms with Crippen molar-refractivity contribution in [1.82, 2.24) is 15.2 Å². The van der Waals surface area contributed by atoms with Gasteiger partial charge in [-0.2, -0.15) is 0 Å². The number of hydrogen-bond acceptors (Lipinski definition) is 3. The molecule has 1 saturated heterocycles. The average Bonchev–Trinajstić information content (AvgIpc) is 2.64. The van der Waals surface area contributed by atoms with E-state index in [4.69, 9.17) is 11.6 Å². The number of pyridine rings is 1. The van der Waals surface area contributed by atoms with E-state index >= 15 is 0 Å². The fourth-order valence-corrected chi connectivity index (χ4v) is 2.85. The van der Waals surface area contributed by atoms with Gasteiger partial charge >= 0.3 is 0 Å². The molecule has 0 saturated carbocycles. The van der Waals surface area contributed by atoms with Crippen LogP contribution in [0.25, 0.3) is 10.9 Å². The lowest BCUT2D eigenvalue weighted by Gasteiger charge is -2.25. The van der Waals surface area contributed by atoms with E-state index in [2.05, 4.69) is 28.2 Å². The minimum atomic E-state index is 0.124. The Balaban J connectivity index is 1.84. The number of rotatable bonds is 2. The second-order valence-corrected chi connectivity index (χ2v) is 5.89. The predicted octanol–water partition coefficient (Wildman–Crippen LogP) is 2.60. The van der Waals surface area contributed by atoms with Gasteiger partial charge in [-0.05, 0) is 19.1 Å². The van der Waals surface area contributed by atoms with Crippen molar-refractivity contribution >= 4 is 28.4 Å². The molecule has 0 spiro atoms. The molecule has 1 amide bonds. The number of nitrogens with zero attached hydrogens (tertiary/aromatic N) is 2. The van der Waals surface area contributed by atoms with E-state index in [1.165, 1.54) is 0 Å². The van der Waals surface area contributed by atoms with Crippen LogP contribution in [-0.4, -0.2) is 34.9 Å². The smallest absolute Gasteiger partial charge is 0.221 e. The molecular formula is C16H18ClN3O. The maximum Gasteiger partial charge on any atom is 0.221 e. The molecular weight excluding hydrogens is 286 g/mol. The van der Waals surface area contributed by atoms with E-state index in [1.807, 2.05) is 24.3 Å². The Kier molecular flexibility index (Phi) is 4.08. The van der Waals surface area contributed by atoms with Crippen LogP contribution >= 0.6 is 11.6 Å². The number of carbonyl (C=O) groups excluding carboxylic acids is 1. The van der Waals surface area contributed by atoms with Crippen LogP contribution in [0.3, 0.4) is 0 Å². The summed E-state index contributed by atoms with van der Waals surface area (Å²) in [6.45, 7) is 4.30. The van der Waals surface area contributed by atoms with Gasteiger partial charge in [0.05, 0.1) is 16.2 Å². The lowest BCUT2D eigenvalue weighted by Crippen LogP contribution is -2.37. The first-order chi connectivity index (χ1) is 10.1. The molecule has 0 bridgehead atoms. The van der Waals surface area contributed by atoms with Crippen molar-refractivity contribution < 1.29 is 4.79 Å². The summed E-state index contributed by atoms with van der Waals surface area (Å²) in [6, 6.07) is 10.2. The van der Waals surface area contributed by atoms with Crippen molar-refractivity contribution in [3.05, 3.63) is 41.0 Å². The van der Waals surface area contributed by atoms with Crippen LogP contribution in [0.1, 0.15) is 19.0 Å². The fourth-order valence-electron chi connectivity index (χ4n) is 2.63. The predicted molar refractivity (Wildman–Crippen MR) is 84.3 cm³/mol. The minimum absolute atomic E-state index is 0.124. The first-order valence-electron chi connectivity index (χ1n) is 7.18. The van der Waals surface area contributed by atoms with Crippen LogP contribution in [0.15, 0.2) is 30.3 Å². The Morgan fingerprint density at radius 3 is 3.10 bits per heavy atom. The van der Waals surface area contributed by atoms with Crippen LogP contribution in [0, 0.1) is 0 Å². The highest BCUT2D eigenvalue weighted by Gasteiger charge is 2.20. The number of para-hydroxylation sites is 1. The van der Waals surface area contributed by atoms with Gasteiger partial charge < -0.3 is 5.32 Å². The van der Waals surface area contributed by atoms with Gasteiger partial charge in [0.2, 0.25) is 5.91 Å². The molecule has 1 aliphatic heterocycles. The SMILES string of the molecule is C[C@H]1CNC(=O)CCN1Cc1ccc2cccc(Cl)c2n1. The molecule has 2 heterocycles. The first kappa shape index (κ1) is 14.3. The molecule has 3 rings (SSSR count). The van der Waals surface area contributed by atoms with Crippen LogP contribution in [0.4, 0.5) is 0 Å². The topological polar surface area (TPSA) is 45.2 Å². The molecule has 2 aromatic rings. The Hall–Kier alpha value is -1.65. The molecule has 110 valence electrons. The third-order valence-corrected chi connectivity index (χ3v) is 4.24. The van der Waals surface area contributed by atoms with Gasteiger partial charge in [-0.3, -0.25) is 9.69 Å². The quantitative estimate of drug-likeness (QED) is 0.927. The molecule has 4 nitrogen and oxygen atoms in total. The largest absolute Gasteiger partial charge is 0.355 e. The number of carbonyl (C=O) groups is 1. The zero-order valence-electron chi connectivity index (χ0n) is 12.0. The first-order valence-corrected chi connectivity index (χ1v) is 7.56. The molecule has 1 aliphatic rings. The van der Waals surface area contributed by atoms with E-state index in [9.17, 15) is 4.79 Å². The van der Waals surface area contributed by atoms with E-state index in [-0.39, 0.29) is 5.91 Å². The van der Waals surface area contributed by atoms with Crippen molar-refractivity contribution in [3.8, 4) is 0 Å². The number of amides is 1. The zero-order valence-corrected chi connectivity index (χ0v) is 12.7. The van der Waals surface area contributed by atoms with Gasteiger partial charge in [-0.1, -0.05) is 29.8 Å². The second-order valence-electron chi connectivity index (χ2n) is 5.49. The summed E-state index contributed by atoms with van der Waals surface area (Å²) in [5.41, 5.74) is 1.82. The van der Waals surface area contributed by atoms with Crippen molar-refractivity contribution in [3.63, 3.8) is 0 Å². The van der Waals surface area contributed by atoms with Crippen LogP contribution in [-0.2, 0) is 11.3 Å². The van der Waals surface area contributed by atoms with Crippen molar-refractivity contribution in [2.75, 3.05) is 13.1 Å². The average molecular weight is 304 g/mol. The Morgan fingerprint density at radius 1 is 1.38 bits per heavy atom. The summed E-state index contributed by atoms with van der Waals surface area (Å²) in [7, 11) is 0. The fraction of sp³-hybridized carbons (Fsp3) is 0.375. The summed E-state index contributed by atoms with van der Waals surface area (Å²) in [5, 5.41) is 4.65. The minimum Gasteiger partial charge on any atom is -0.355 e. The molecule has 1 N–H and O–H groups in total. The van der Waals surface area contributed by atoms with E-state index in [0.717, 1.165) is 29.7 Å². The molecule has 0 radical (unpaired) electrons. The molecule has 1 aromatic heterocycles. The molecule has 1 aromatic carbocycles. The van der Waals surface area contributed by atoms with E-state index in [0.29, 0.717) is 24.0 Å². The van der Waals surface area contributed by atoms with Gasteiger partial charge in [0.15, 0.2) is 0 Å². The highest BCUT2D eigenvalue weighted by molar-refractivity contribution is 6.35. The number of aromatic nitrogens is 1. The lowest BCUT2D eigenvalue weighted by molar-refractivity contribution is -0.120. The van der Waals surface area contributed by atoms with Crippen molar-refractivity contribution in [1.29, 1.82) is 0 Å². The number of benzene rings is 1. The molecule has 5 heteroatoms. The molecule has 21 heavy (non-hydrogen) atoms. The third-order valence-electron chi connectivity index (χ3n) is 3.94. The number of halogens is 1.